The van der Waals surface area contributed by atoms with Crippen molar-refractivity contribution in [1.82, 2.24) is 15.1 Å². The molecule has 1 aliphatic heterocycles. The molecule has 23 heavy (non-hydrogen) atoms. The standard InChI is InChI=1S/C16H21N3O3S/c1-10(2)14-17-18-15(22-14)12-9-21-7-6-19(12)16(20)11(3)13-5-4-8-23-13/h4-5,8,10-12H,6-7,9H2,1-3H3/t11-,12-/m1/s1. The molecule has 0 N–H and O–H groups in total. The van der Waals surface area contributed by atoms with Crippen LogP contribution in [-0.4, -0.2) is 40.8 Å². The van der Waals surface area contributed by atoms with E-state index in [0.717, 1.165) is 4.88 Å². The summed E-state index contributed by atoms with van der Waals surface area (Å²) in [7, 11) is 0. The quantitative estimate of drug-likeness (QED) is 0.859. The number of rotatable bonds is 4. The molecule has 0 bridgehead atoms. The monoisotopic (exact) mass is 335 g/mol. The van der Waals surface area contributed by atoms with Crippen molar-refractivity contribution >= 4 is 17.2 Å². The summed E-state index contributed by atoms with van der Waals surface area (Å²) in [5, 5.41) is 10.2. The van der Waals surface area contributed by atoms with Crippen molar-refractivity contribution in [2.75, 3.05) is 19.8 Å². The minimum atomic E-state index is -0.307. The number of aromatic nitrogens is 2. The van der Waals surface area contributed by atoms with Crippen LogP contribution in [0.15, 0.2) is 21.9 Å². The van der Waals surface area contributed by atoms with Gasteiger partial charge in [0.1, 0.15) is 6.04 Å². The summed E-state index contributed by atoms with van der Waals surface area (Å²) in [5.74, 6) is 1.10. The number of ether oxygens (including phenoxy) is 1. The molecule has 2 aromatic heterocycles. The largest absolute Gasteiger partial charge is 0.423 e. The van der Waals surface area contributed by atoms with Crippen molar-refractivity contribution in [3.63, 3.8) is 0 Å². The van der Waals surface area contributed by atoms with Gasteiger partial charge in [0.05, 0.1) is 19.1 Å². The van der Waals surface area contributed by atoms with Crippen molar-refractivity contribution in [2.24, 2.45) is 0 Å². The van der Waals surface area contributed by atoms with Crippen LogP contribution in [0.1, 0.15) is 55.3 Å². The first-order chi connectivity index (χ1) is 11.1. The predicted octanol–water partition coefficient (Wildman–Crippen LogP) is 2.96. The van der Waals surface area contributed by atoms with Crippen molar-refractivity contribution in [3.05, 3.63) is 34.2 Å². The fourth-order valence-electron chi connectivity index (χ4n) is 2.59. The van der Waals surface area contributed by atoms with Gasteiger partial charge in [-0.05, 0) is 18.4 Å². The topological polar surface area (TPSA) is 68.5 Å². The Kier molecular flexibility index (Phi) is 4.77. The third-order valence-corrected chi connectivity index (χ3v) is 5.04. The zero-order chi connectivity index (χ0) is 16.4. The van der Waals surface area contributed by atoms with Crippen LogP contribution in [0.2, 0.25) is 0 Å². The Bertz CT molecular complexity index is 653. The average molecular weight is 335 g/mol. The smallest absolute Gasteiger partial charge is 0.241 e. The second kappa shape index (κ2) is 6.80. The molecule has 0 aromatic carbocycles. The normalized spacial score (nSPS) is 20.0. The van der Waals surface area contributed by atoms with E-state index < -0.39 is 0 Å². The van der Waals surface area contributed by atoms with Gasteiger partial charge < -0.3 is 14.1 Å². The summed E-state index contributed by atoms with van der Waals surface area (Å²) in [6, 6.07) is 3.65. The maximum atomic E-state index is 12.9. The number of hydrogen-bond donors (Lipinski definition) is 0. The van der Waals surface area contributed by atoms with Crippen molar-refractivity contribution in [3.8, 4) is 0 Å². The maximum Gasteiger partial charge on any atom is 0.241 e. The number of hydrogen-bond acceptors (Lipinski definition) is 6. The van der Waals surface area contributed by atoms with Crippen molar-refractivity contribution < 1.29 is 13.9 Å². The fraction of sp³-hybridized carbons (Fsp3) is 0.562. The van der Waals surface area contributed by atoms with Gasteiger partial charge in [-0.25, -0.2) is 0 Å². The molecule has 0 aliphatic carbocycles. The highest BCUT2D eigenvalue weighted by atomic mass is 32.1. The molecule has 0 unspecified atom stereocenters. The minimum Gasteiger partial charge on any atom is -0.423 e. The summed E-state index contributed by atoms with van der Waals surface area (Å²) in [6.07, 6.45) is 0. The molecule has 0 spiro atoms. The SMILES string of the molecule is CC(C)c1nnc([C@H]2COCCN2C(=O)[C@H](C)c2cccs2)o1. The van der Waals surface area contributed by atoms with E-state index in [1.165, 1.54) is 0 Å². The fourth-order valence-corrected chi connectivity index (χ4v) is 3.37. The van der Waals surface area contributed by atoms with Crippen molar-refractivity contribution in [1.29, 1.82) is 0 Å². The molecular formula is C16H21N3O3S. The average Bonchev–Trinajstić information content (AvgIpc) is 3.24. The highest BCUT2D eigenvalue weighted by molar-refractivity contribution is 7.10. The van der Waals surface area contributed by atoms with E-state index in [9.17, 15) is 4.79 Å². The molecule has 3 heterocycles. The number of carbonyl (C=O) groups excluding carboxylic acids is 1. The van der Waals surface area contributed by atoms with E-state index in [1.807, 2.05) is 43.2 Å². The van der Waals surface area contributed by atoms with Gasteiger partial charge in [0.25, 0.3) is 0 Å². The first-order valence-electron chi connectivity index (χ1n) is 7.83. The minimum absolute atomic E-state index is 0.0741. The van der Waals surface area contributed by atoms with E-state index in [0.29, 0.717) is 31.5 Å². The lowest BCUT2D eigenvalue weighted by molar-refractivity contribution is -0.142. The number of thiophene rings is 1. The second-order valence-corrected chi connectivity index (χ2v) is 6.97. The molecular weight excluding hydrogens is 314 g/mol. The summed E-state index contributed by atoms with van der Waals surface area (Å²) in [5.41, 5.74) is 0. The summed E-state index contributed by atoms with van der Waals surface area (Å²) in [4.78, 5) is 15.8. The van der Waals surface area contributed by atoms with Gasteiger partial charge in [0, 0.05) is 17.3 Å². The molecule has 124 valence electrons. The van der Waals surface area contributed by atoms with Crippen LogP contribution in [0, 0.1) is 0 Å². The van der Waals surface area contributed by atoms with E-state index in [2.05, 4.69) is 10.2 Å². The lowest BCUT2D eigenvalue weighted by Gasteiger charge is -2.35. The third kappa shape index (κ3) is 3.30. The van der Waals surface area contributed by atoms with Gasteiger partial charge in [-0.2, -0.15) is 0 Å². The van der Waals surface area contributed by atoms with Crippen LogP contribution in [-0.2, 0) is 9.53 Å². The summed E-state index contributed by atoms with van der Waals surface area (Å²) >= 11 is 1.60. The molecule has 1 fully saturated rings. The first kappa shape index (κ1) is 16.1. The number of carbonyl (C=O) groups is 1. The van der Waals surface area contributed by atoms with Gasteiger partial charge in [0.2, 0.25) is 17.7 Å². The summed E-state index contributed by atoms with van der Waals surface area (Å²) in [6.45, 7) is 7.40. The molecule has 6 nitrogen and oxygen atoms in total. The molecule has 0 radical (unpaired) electrons. The maximum absolute atomic E-state index is 12.9. The van der Waals surface area contributed by atoms with Gasteiger partial charge in [0.15, 0.2) is 0 Å². The highest BCUT2D eigenvalue weighted by Gasteiger charge is 2.35. The van der Waals surface area contributed by atoms with E-state index in [4.69, 9.17) is 9.15 Å². The van der Waals surface area contributed by atoms with E-state index >= 15 is 0 Å². The molecule has 0 saturated carbocycles. The molecule has 2 atom stereocenters. The third-order valence-electron chi connectivity index (χ3n) is 3.99. The number of morpholine rings is 1. The van der Waals surface area contributed by atoms with Crippen LogP contribution in [0.4, 0.5) is 0 Å². The Morgan fingerprint density at radius 2 is 2.22 bits per heavy atom. The lowest BCUT2D eigenvalue weighted by Crippen LogP contribution is -2.45. The number of amides is 1. The summed E-state index contributed by atoms with van der Waals surface area (Å²) < 4.78 is 11.3. The molecule has 1 aliphatic rings. The van der Waals surface area contributed by atoms with Crippen LogP contribution < -0.4 is 0 Å². The molecule has 3 rings (SSSR count). The first-order valence-corrected chi connectivity index (χ1v) is 8.70. The van der Waals surface area contributed by atoms with Crippen LogP contribution in [0.5, 0.6) is 0 Å². The highest BCUT2D eigenvalue weighted by Crippen LogP contribution is 2.30. The zero-order valence-corrected chi connectivity index (χ0v) is 14.4. The molecule has 1 amide bonds. The van der Waals surface area contributed by atoms with Gasteiger partial charge in [-0.15, -0.1) is 21.5 Å². The zero-order valence-electron chi connectivity index (χ0n) is 13.6. The van der Waals surface area contributed by atoms with Crippen LogP contribution >= 0.6 is 11.3 Å². The molecule has 7 heteroatoms. The van der Waals surface area contributed by atoms with Gasteiger partial charge in [-0.1, -0.05) is 19.9 Å². The van der Waals surface area contributed by atoms with Gasteiger partial charge >= 0.3 is 0 Å². The Balaban J connectivity index is 1.81. The Morgan fingerprint density at radius 3 is 2.87 bits per heavy atom. The van der Waals surface area contributed by atoms with Crippen LogP contribution in [0.25, 0.3) is 0 Å². The molecule has 2 aromatic rings. The predicted molar refractivity (Wildman–Crippen MR) is 86.4 cm³/mol. The Labute approximate surface area is 139 Å². The Hall–Kier alpha value is -1.73. The van der Waals surface area contributed by atoms with E-state index in [1.54, 1.807) is 11.3 Å². The number of nitrogens with zero attached hydrogens (tertiary/aromatic N) is 3. The second-order valence-electron chi connectivity index (χ2n) is 5.99. The van der Waals surface area contributed by atoms with Crippen molar-refractivity contribution in [2.45, 2.75) is 38.6 Å². The van der Waals surface area contributed by atoms with E-state index in [-0.39, 0.29) is 23.8 Å². The lowest BCUT2D eigenvalue weighted by atomic mass is 10.1. The van der Waals surface area contributed by atoms with Crippen LogP contribution in [0.3, 0.4) is 0 Å². The Morgan fingerprint density at radius 1 is 1.39 bits per heavy atom. The van der Waals surface area contributed by atoms with Gasteiger partial charge in [-0.3, -0.25) is 4.79 Å². The molecule has 1 saturated heterocycles.